The highest BCUT2D eigenvalue weighted by Crippen LogP contribution is 2.48. The number of amides is 4. The van der Waals surface area contributed by atoms with Gasteiger partial charge in [-0.3, -0.25) is 14.4 Å². The molecule has 2 saturated heterocycles. The Bertz CT molecular complexity index is 3250. The summed E-state index contributed by atoms with van der Waals surface area (Å²) in [6.45, 7) is 5.33. The van der Waals surface area contributed by atoms with E-state index in [1.54, 1.807) is 47.0 Å². The number of alkyl carbamates (subject to hydrolysis) is 1. The van der Waals surface area contributed by atoms with Crippen molar-refractivity contribution in [1.82, 2.24) is 25.3 Å². The fourth-order valence-electron chi connectivity index (χ4n) is 10.6. The molecule has 6 aromatic rings. The molecule has 0 radical (unpaired) electrons. The van der Waals surface area contributed by atoms with Gasteiger partial charge in [0.25, 0.3) is 11.8 Å². The van der Waals surface area contributed by atoms with Crippen LogP contribution in [0.15, 0.2) is 103 Å². The van der Waals surface area contributed by atoms with Crippen molar-refractivity contribution in [3.8, 4) is 50.7 Å². The number of rotatable bonds is 19. The molecule has 0 saturated carbocycles. The van der Waals surface area contributed by atoms with E-state index in [9.17, 15) is 34.5 Å². The number of morpholine rings is 1. The number of nitrogens with one attached hydrogen (secondary N) is 3. The molecule has 3 aliphatic heterocycles. The normalized spacial score (nSPS) is 19.8. The second kappa shape index (κ2) is 24.9. The van der Waals surface area contributed by atoms with Crippen molar-refractivity contribution < 1.29 is 67.7 Å². The van der Waals surface area contributed by atoms with E-state index in [0.29, 0.717) is 75.1 Å². The molecule has 20 nitrogen and oxygen atoms in total. The van der Waals surface area contributed by atoms with Crippen molar-refractivity contribution in [2.75, 3.05) is 78.3 Å². The zero-order valence-corrected chi connectivity index (χ0v) is 46.2. The van der Waals surface area contributed by atoms with E-state index in [1.165, 1.54) is 0 Å². The molecule has 0 spiro atoms. The van der Waals surface area contributed by atoms with Crippen LogP contribution in [-0.4, -0.2) is 163 Å². The van der Waals surface area contributed by atoms with Gasteiger partial charge in [0, 0.05) is 64.0 Å². The number of aromatic nitrogens is 2. The molecule has 22 heteroatoms. The SMILES string of the molecule is COc1cc2c(cc1-c1cccc(NC(=O)CCOCCOCCNC(=O)[C@H]3O[C@@H](CNC(=O)OCC4c5ccccc5-c5ccccc54)[C@H](O)[C@@H](O)[C@H]3O)c1)-c1c(c(C(=O)N3CCOCC3(C)C)nn1-c1cc(Cl)cc(Cl)c1)CO2. The molecule has 2 fully saturated rings. The van der Waals surface area contributed by atoms with E-state index < -0.39 is 48.1 Å². The standard InChI is InChI=1S/C59H62Cl2N6O14/c1-59(2)32-78-20-17-66(59)57(73)50-45-31-79-47-28-46(75-3)42(27-43(47)51(45)67(65-50)37-25-34(60)24-35(61)26-37)33-9-8-10-36(23-33)64-49(68)15-18-76-21-22-77-19-16-62-56(72)55-54(71)53(70)52(69)48(81-55)29-63-58(74)80-30-44-40-13-6-4-11-38(40)39-12-5-7-14-41(39)44/h4-14,23-28,44,48,52-55,69-71H,15-22,29-32H2,1-3H3,(H,62,72)(H,63,74)(H,64,68)/t48-,52-,53+,54+,55-/m0/s1. The maximum Gasteiger partial charge on any atom is 0.407 e. The first-order chi connectivity index (χ1) is 39.1. The molecule has 5 aromatic carbocycles. The van der Waals surface area contributed by atoms with Gasteiger partial charge in [-0.25, -0.2) is 9.48 Å². The summed E-state index contributed by atoms with van der Waals surface area (Å²) in [6, 6.07) is 31.9. The maximum atomic E-state index is 14.4. The Morgan fingerprint density at radius 1 is 0.790 bits per heavy atom. The smallest absolute Gasteiger partial charge is 0.407 e. The minimum Gasteiger partial charge on any atom is -0.496 e. The van der Waals surface area contributed by atoms with Crippen LogP contribution in [0, 0.1) is 0 Å². The summed E-state index contributed by atoms with van der Waals surface area (Å²) < 4.78 is 42.1. The van der Waals surface area contributed by atoms with E-state index in [-0.39, 0.29) is 82.6 Å². The quantitative estimate of drug-likeness (QED) is 0.0472. The molecule has 5 atom stereocenters. The molecule has 426 valence electrons. The van der Waals surface area contributed by atoms with E-state index in [4.69, 9.17) is 61.5 Å². The summed E-state index contributed by atoms with van der Waals surface area (Å²) >= 11 is 13.0. The van der Waals surface area contributed by atoms with Crippen LogP contribution in [0.5, 0.6) is 11.5 Å². The van der Waals surface area contributed by atoms with Gasteiger partial charge < -0.3 is 69.3 Å². The average molecular weight is 1150 g/mol. The molecule has 81 heavy (non-hydrogen) atoms. The van der Waals surface area contributed by atoms with Crippen molar-refractivity contribution in [3.05, 3.63) is 136 Å². The third-order valence-electron chi connectivity index (χ3n) is 14.7. The Morgan fingerprint density at radius 2 is 1.51 bits per heavy atom. The average Bonchev–Trinajstić information content (AvgIpc) is 3.61. The monoisotopic (exact) mass is 1150 g/mol. The minimum absolute atomic E-state index is 0.0132. The number of nitrogens with zero attached hydrogens (tertiary/aromatic N) is 3. The third kappa shape index (κ3) is 12.4. The van der Waals surface area contributed by atoms with E-state index in [1.807, 2.05) is 86.6 Å². The molecule has 4 heterocycles. The zero-order valence-electron chi connectivity index (χ0n) is 44.7. The van der Waals surface area contributed by atoms with E-state index >= 15 is 0 Å². The summed E-state index contributed by atoms with van der Waals surface area (Å²) in [7, 11) is 1.56. The zero-order chi connectivity index (χ0) is 57.0. The number of fused-ring (bicyclic) bond motifs is 6. The number of anilines is 1. The van der Waals surface area contributed by atoms with Crippen LogP contribution in [0.2, 0.25) is 10.0 Å². The number of benzene rings is 5. The summed E-state index contributed by atoms with van der Waals surface area (Å²) in [5, 5.41) is 45.6. The first-order valence-corrected chi connectivity index (χ1v) is 27.3. The van der Waals surface area contributed by atoms with Crippen LogP contribution in [0.1, 0.15) is 53.4 Å². The Kier molecular flexibility index (Phi) is 17.6. The number of hydrogen-bond acceptors (Lipinski definition) is 15. The molecule has 4 aliphatic rings. The molecule has 0 unspecified atom stereocenters. The van der Waals surface area contributed by atoms with Gasteiger partial charge in [-0.2, -0.15) is 5.10 Å². The molecule has 10 rings (SSSR count). The Hall–Kier alpha value is -7.11. The first kappa shape index (κ1) is 57.1. The number of methoxy groups -OCH3 is 1. The highest BCUT2D eigenvalue weighted by molar-refractivity contribution is 6.34. The molecule has 1 aliphatic carbocycles. The Morgan fingerprint density at radius 3 is 2.22 bits per heavy atom. The van der Waals surface area contributed by atoms with Crippen LogP contribution < -0.4 is 25.4 Å². The predicted octanol–water partition coefficient (Wildman–Crippen LogP) is 6.53. The number of ether oxygens (including phenoxy) is 7. The number of carbonyl (C=O) groups is 4. The lowest BCUT2D eigenvalue weighted by atomic mass is 9.94. The molecule has 6 N–H and O–H groups in total. The third-order valence-corrected chi connectivity index (χ3v) is 15.1. The molecule has 4 amide bonds. The van der Waals surface area contributed by atoms with Gasteiger partial charge in [0.2, 0.25) is 5.91 Å². The van der Waals surface area contributed by atoms with Gasteiger partial charge in [0.15, 0.2) is 11.8 Å². The van der Waals surface area contributed by atoms with Crippen LogP contribution in [-0.2, 0) is 39.9 Å². The maximum absolute atomic E-state index is 14.4. The summed E-state index contributed by atoms with van der Waals surface area (Å²) in [5.41, 5.74) is 8.21. The largest absolute Gasteiger partial charge is 0.496 e. The van der Waals surface area contributed by atoms with Gasteiger partial charge in [0.1, 0.15) is 49.1 Å². The van der Waals surface area contributed by atoms with Gasteiger partial charge in [0.05, 0.1) is 70.1 Å². The number of carbonyl (C=O) groups excluding carboxylic acids is 4. The van der Waals surface area contributed by atoms with Crippen LogP contribution in [0.4, 0.5) is 10.5 Å². The van der Waals surface area contributed by atoms with Crippen LogP contribution in [0.25, 0.3) is 39.2 Å². The van der Waals surface area contributed by atoms with Crippen molar-refractivity contribution in [2.24, 2.45) is 0 Å². The highest BCUT2D eigenvalue weighted by atomic mass is 35.5. The van der Waals surface area contributed by atoms with Crippen LogP contribution >= 0.6 is 23.2 Å². The van der Waals surface area contributed by atoms with Gasteiger partial charge in [-0.15, -0.1) is 0 Å². The fraction of sp³-hybridized carbons (Fsp3) is 0.373. The topological polar surface area (TPSA) is 251 Å². The fourth-order valence-corrected chi connectivity index (χ4v) is 11.2. The van der Waals surface area contributed by atoms with Gasteiger partial charge >= 0.3 is 6.09 Å². The van der Waals surface area contributed by atoms with E-state index in [0.717, 1.165) is 27.8 Å². The Labute approximate surface area is 477 Å². The Balaban J connectivity index is 0.682. The first-order valence-electron chi connectivity index (χ1n) is 26.6. The molecular formula is C59H62Cl2N6O14. The lowest BCUT2D eigenvalue weighted by Gasteiger charge is -2.41. The van der Waals surface area contributed by atoms with Crippen molar-refractivity contribution in [3.63, 3.8) is 0 Å². The van der Waals surface area contributed by atoms with Crippen molar-refractivity contribution in [2.45, 2.75) is 68.9 Å². The predicted molar refractivity (Wildman–Crippen MR) is 299 cm³/mol. The number of halogens is 2. The number of hydrogen-bond donors (Lipinski definition) is 6. The molecule has 0 bridgehead atoms. The number of aliphatic hydroxyl groups excluding tert-OH is 3. The molecular weight excluding hydrogens is 1090 g/mol. The lowest BCUT2D eigenvalue weighted by Crippen LogP contribution is -2.63. The second-order valence-electron chi connectivity index (χ2n) is 20.5. The van der Waals surface area contributed by atoms with Gasteiger partial charge in [-0.1, -0.05) is 83.9 Å². The van der Waals surface area contributed by atoms with Crippen molar-refractivity contribution >= 4 is 52.7 Å². The minimum atomic E-state index is -1.75. The van der Waals surface area contributed by atoms with Gasteiger partial charge in [-0.05, 0) is 78.1 Å². The van der Waals surface area contributed by atoms with Crippen LogP contribution in [0.3, 0.4) is 0 Å². The summed E-state index contributed by atoms with van der Waals surface area (Å²) in [6.07, 6.45) is -8.64. The molecule has 1 aromatic heterocycles. The summed E-state index contributed by atoms with van der Waals surface area (Å²) in [5.74, 6) is -0.467. The van der Waals surface area contributed by atoms with Crippen molar-refractivity contribution in [1.29, 1.82) is 0 Å². The second-order valence-corrected chi connectivity index (χ2v) is 21.4. The highest BCUT2D eigenvalue weighted by Gasteiger charge is 2.47. The number of aliphatic hydroxyl groups is 3. The summed E-state index contributed by atoms with van der Waals surface area (Å²) in [4.78, 5) is 55.2. The van der Waals surface area contributed by atoms with E-state index in [2.05, 4.69) is 16.0 Å². The lowest BCUT2D eigenvalue weighted by molar-refractivity contribution is -0.218.